The second-order valence-electron chi connectivity index (χ2n) is 6.81. The molecule has 2 heterocycles. The predicted octanol–water partition coefficient (Wildman–Crippen LogP) is 4.17. The van der Waals surface area contributed by atoms with Crippen molar-refractivity contribution < 1.29 is 0 Å². The third-order valence-electron chi connectivity index (χ3n) is 4.43. The van der Waals surface area contributed by atoms with Crippen LogP contribution in [0.5, 0.6) is 0 Å². The molecule has 0 saturated carbocycles. The van der Waals surface area contributed by atoms with E-state index in [0.29, 0.717) is 6.54 Å². The number of aliphatic imine (C=N–C) groups is 1. The Balaban J connectivity index is 0.00000300. The molecule has 3 rings (SSSR count). The molecule has 2 N–H and O–H groups in total. The highest BCUT2D eigenvalue weighted by molar-refractivity contribution is 14.0. The van der Waals surface area contributed by atoms with Crippen LogP contribution in [-0.2, 0) is 13.0 Å². The summed E-state index contributed by atoms with van der Waals surface area (Å²) in [5.41, 5.74) is 5.52. The molecule has 0 saturated heterocycles. The standard InChI is InChI=1S/C21H28N6S.HI/c1-15-12-17(3)27(26-15)19-9-6-5-8-18(19)13-24-21(22-4)23-11-7-10-20-25-16(2)14-28-20;/h5-6,8-9,12,14H,7,10-11,13H2,1-4H3,(H2,22,23,24);1H. The summed E-state index contributed by atoms with van der Waals surface area (Å²) in [4.78, 5) is 8.84. The molecule has 0 aliphatic carbocycles. The first-order valence-electron chi connectivity index (χ1n) is 9.54. The fourth-order valence-corrected chi connectivity index (χ4v) is 3.92. The molecule has 0 atom stereocenters. The molecule has 0 spiro atoms. The second-order valence-corrected chi connectivity index (χ2v) is 7.75. The van der Waals surface area contributed by atoms with E-state index in [9.17, 15) is 0 Å². The fraction of sp³-hybridized carbons (Fsp3) is 0.381. The molecule has 0 aliphatic rings. The van der Waals surface area contributed by atoms with Crippen LogP contribution in [0.3, 0.4) is 0 Å². The first-order valence-corrected chi connectivity index (χ1v) is 10.4. The quantitative estimate of drug-likeness (QED) is 0.211. The lowest BCUT2D eigenvalue weighted by Gasteiger charge is -2.15. The van der Waals surface area contributed by atoms with Gasteiger partial charge in [0.2, 0.25) is 0 Å². The maximum atomic E-state index is 4.62. The van der Waals surface area contributed by atoms with Gasteiger partial charge in [-0.1, -0.05) is 18.2 Å². The molecule has 1 aromatic carbocycles. The highest BCUT2D eigenvalue weighted by Crippen LogP contribution is 2.17. The van der Waals surface area contributed by atoms with Crippen LogP contribution in [-0.4, -0.2) is 34.3 Å². The van der Waals surface area contributed by atoms with Crippen LogP contribution in [0, 0.1) is 20.8 Å². The number of hydrogen-bond acceptors (Lipinski definition) is 4. The van der Waals surface area contributed by atoms with Crippen LogP contribution < -0.4 is 10.6 Å². The normalized spacial score (nSPS) is 11.2. The molecular weight excluding hydrogens is 495 g/mol. The van der Waals surface area contributed by atoms with E-state index in [1.807, 2.05) is 24.6 Å². The molecular formula is C21H29IN6S. The van der Waals surface area contributed by atoms with Gasteiger partial charge in [0.1, 0.15) is 0 Å². The van der Waals surface area contributed by atoms with Crippen molar-refractivity contribution in [3.63, 3.8) is 0 Å². The van der Waals surface area contributed by atoms with E-state index < -0.39 is 0 Å². The van der Waals surface area contributed by atoms with Crippen molar-refractivity contribution >= 4 is 41.3 Å². The summed E-state index contributed by atoms with van der Waals surface area (Å²) in [5.74, 6) is 0.804. The van der Waals surface area contributed by atoms with E-state index >= 15 is 0 Å². The molecule has 2 aromatic heterocycles. The van der Waals surface area contributed by atoms with Crippen molar-refractivity contribution in [3.05, 3.63) is 63.4 Å². The van der Waals surface area contributed by atoms with Gasteiger partial charge >= 0.3 is 0 Å². The highest BCUT2D eigenvalue weighted by Gasteiger charge is 2.09. The molecule has 0 fully saturated rings. The Kier molecular flexibility index (Phi) is 9.09. The maximum Gasteiger partial charge on any atom is 0.191 e. The number of aryl methyl sites for hydroxylation is 4. The van der Waals surface area contributed by atoms with Gasteiger partial charge in [0.05, 0.1) is 16.4 Å². The number of benzene rings is 1. The van der Waals surface area contributed by atoms with Crippen LogP contribution in [0.4, 0.5) is 0 Å². The largest absolute Gasteiger partial charge is 0.356 e. The summed E-state index contributed by atoms with van der Waals surface area (Å²) in [7, 11) is 1.80. The van der Waals surface area contributed by atoms with Crippen molar-refractivity contribution in [3.8, 4) is 5.69 Å². The number of hydrogen-bond donors (Lipinski definition) is 2. The van der Waals surface area contributed by atoms with Crippen molar-refractivity contribution in [2.45, 2.75) is 40.2 Å². The average molecular weight is 524 g/mol. The van der Waals surface area contributed by atoms with E-state index in [1.165, 1.54) is 10.6 Å². The van der Waals surface area contributed by atoms with Crippen LogP contribution in [0.1, 0.15) is 34.1 Å². The van der Waals surface area contributed by atoms with Crippen LogP contribution in [0.25, 0.3) is 5.69 Å². The van der Waals surface area contributed by atoms with Gasteiger partial charge in [-0.05, 0) is 44.9 Å². The molecule has 3 aromatic rings. The third kappa shape index (κ3) is 6.53. The first kappa shape index (κ1) is 23.3. The lowest BCUT2D eigenvalue weighted by atomic mass is 10.1. The Morgan fingerprint density at radius 3 is 2.59 bits per heavy atom. The number of nitrogens with zero attached hydrogens (tertiary/aromatic N) is 4. The Labute approximate surface area is 193 Å². The van der Waals surface area contributed by atoms with Gasteiger partial charge < -0.3 is 10.6 Å². The van der Waals surface area contributed by atoms with E-state index in [2.05, 4.69) is 62.3 Å². The third-order valence-corrected chi connectivity index (χ3v) is 5.45. The minimum atomic E-state index is 0. The van der Waals surface area contributed by atoms with Gasteiger partial charge in [0, 0.05) is 43.3 Å². The molecule has 0 amide bonds. The van der Waals surface area contributed by atoms with Gasteiger partial charge in [0.25, 0.3) is 0 Å². The fourth-order valence-electron chi connectivity index (χ4n) is 3.10. The Bertz CT molecular complexity index is 946. The summed E-state index contributed by atoms with van der Waals surface area (Å²) < 4.78 is 2.00. The number of rotatable bonds is 7. The molecule has 8 heteroatoms. The summed E-state index contributed by atoms with van der Waals surface area (Å²) >= 11 is 1.73. The SMILES string of the molecule is CN=C(NCCCc1nc(C)cs1)NCc1ccccc1-n1nc(C)cc1C.I. The van der Waals surface area contributed by atoms with Crippen molar-refractivity contribution in [2.24, 2.45) is 4.99 Å². The van der Waals surface area contributed by atoms with Gasteiger partial charge in [0.15, 0.2) is 5.96 Å². The van der Waals surface area contributed by atoms with Crippen LogP contribution in [0.2, 0.25) is 0 Å². The van der Waals surface area contributed by atoms with E-state index in [-0.39, 0.29) is 24.0 Å². The highest BCUT2D eigenvalue weighted by atomic mass is 127. The minimum Gasteiger partial charge on any atom is -0.356 e. The van der Waals surface area contributed by atoms with Gasteiger partial charge in [-0.3, -0.25) is 4.99 Å². The van der Waals surface area contributed by atoms with E-state index in [4.69, 9.17) is 0 Å². The molecule has 6 nitrogen and oxygen atoms in total. The topological polar surface area (TPSA) is 67.1 Å². The zero-order valence-corrected chi connectivity index (χ0v) is 20.5. The Morgan fingerprint density at radius 2 is 1.93 bits per heavy atom. The number of halogens is 1. The Morgan fingerprint density at radius 1 is 1.14 bits per heavy atom. The van der Waals surface area contributed by atoms with E-state index in [0.717, 1.165) is 48.1 Å². The second kappa shape index (κ2) is 11.3. The van der Waals surface area contributed by atoms with E-state index in [1.54, 1.807) is 18.4 Å². The zero-order chi connectivity index (χ0) is 19.9. The summed E-state index contributed by atoms with van der Waals surface area (Å²) in [5, 5.41) is 14.7. The molecule has 156 valence electrons. The van der Waals surface area contributed by atoms with Crippen molar-refractivity contribution in [1.29, 1.82) is 0 Å². The first-order chi connectivity index (χ1) is 13.6. The van der Waals surface area contributed by atoms with Gasteiger partial charge in [-0.2, -0.15) is 5.10 Å². The number of para-hydroxylation sites is 1. The molecule has 29 heavy (non-hydrogen) atoms. The molecule has 0 unspecified atom stereocenters. The van der Waals surface area contributed by atoms with Crippen LogP contribution in [0.15, 0.2) is 40.7 Å². The number of nitrogens with one attached hydrogen (secondary N) is 2. The Hall–Kier alpha value is -1.94. The summed E-state index contributed by atoms with van der Waals surface area (Å²) in [6, 6.07) is 10.4. The lowest BCUT2D eigenvalue weighted by molar-refractivity contribution is 0.735. The average Bonchev–Trinajstić information content (AvgIpc) is 3.25. The van der Waals surface area contributed by atoms with Crippen molar-refractivity contribution in [2.75, 3.05) is 13.6 Å². The minimum absolute atomic E-state index is 0. The monoisotopic (exact) mass is 524 g/mol. The van der Waals surface area contributed by atoms with Crippen molar-refractivity contribution in [1.82, 2.24) is 25.4 Å². The lowest BCUT2D eigenvalue weighted by Crippen LogP contribution is -2.37. The van der Waals surface area contributed by atoms with Gasteiger partial charge in [-0.15, -0.1) is 35.3 Å². The summed E-state index contributed by atoms with van der Waals surface area (Å²) in [6.45, 7) is 7.67. The number of aromatic nitrogens is 3. The zero-order valence-electron chi connectivity index (χ0n) is 17.4. The van der Waals surface area contributed by atoms with Gasteiger partial charge in [-0.25, -0.2) is 9.67 Å². The smallest absolute Gasteiger partial charge is 0.191 e. The predicted molar refractivity (Wildman–Crippen MR) is 132 cm³/mol. The molecule has 0 aliphatic heterocycles. The maximum absolute atomic E-state index is 4.62. The number of thiazole rings is 1. The van der Waals surface area contributed by atoms with Crippen LogP contribution >= 0.6 is 35.3 Å². The molecule has 0 bridgehead atoms. The molecule has 0 radical (unpaired) electrons. The number of guanidine groups is 1. The summed E-state index contributed by atoms with van der Waals surface area (Å²) in [6.07, 6.45) is 2.01.